The third kappa shape index (κ3) is 2.66. The van der Waals surface area contributed by atoms with Crippen LogP contribution < -0.4 is 10.9 Å². The van der Waals surface area contributed by atoms with Gasteiger partial charge in [-0.05, 0) is 75.3 Å². The van der Waals surface area contributed by atoms with Crippen LogP contribution in [-0.2, 0) is 4.79 Å². The van der Waals surface area contributed by atoms with Crippen LogP contribution in [0.3, 0.4) is 0 Å². The first kappa shape index (κ1) is 15.8. The van der Waals surface area contributed by atoms with Crippen LogP contribution in [0.2, 0.25) is 0 Å². The summed E-state index contributed by atoms with van der Waals surface area (Å²) in [6, 6.07) is 3.26. The molecule has 0 atom stereocenters. The summed E-state index contributed by atoms with van der Waals surface area (Å²) in [7, 11) is 0. The van der Waals surface area contributed by atoms with E-state index in [1.807, 2.05) is 0 Å². The molecule has 4 aliphatic carbocycles. The van der Waals surface area contributed by atoms with Crippen molar-refractivity contribution in [3.63, 3.8) is 0 Å². The van der Waals surface area contributed by atoms with Crippen LogP contribution in [0, 0.1) is 23.2 Å². The Bertz CT molecular complexity index is 674. The predicted molar refractivity (Wildman–Crippen MR) is 90.5 cm³/mol. The summed E-state index contributed by atoms with van der Waals surface area (Å²) in [6.45, 7) is 1.47. The van der Waals surface area contributed by atoms with Crippen molar-refractivity contribution < 1.29 is 14.4 Å². The smallest absolute Gasteiger partial charge is 0.279 e. The number of carbonyl (C=O) groups excluding carboxylic acids is 3. The first-order chi connectivity index (χ1) is 11.4. The number of nitrogens with one attached hydrogen (secondary N) is 2. The Labute approximate surface area is 145 Å². The standard InChI is InChI=1S/C18H22N2O3S/c1-10(21)14-2-3-15(24-14)16(22)19-20-17(23)18-7-11-4-12(8-18)6-13(5-11)9-18/h2-3,11-13H,4-9H2,1H3,(H,19,22)(H,20,23). The Morgan fingerprint density at radius 3 is 2.00 bits per heavy atom. The van der Waals surface area contributed by atoms with E-state index in [-0.39, 0.29) is 23.0 Å². The number of ketones is 1. The van der Waals surface area contributed by atoms with Crippen LogP contribution in [0.4, 0.5) is 0 Å². The summed E-state index contributed by atoms with van der Waals surface area (Å²) in [5, 5.41) is 0. The SMILES string of the molecule is CC(=O)c1ccc(C(=O)NNC(=O)C23CC4CC(CC(C4)C2)C3)s1. The maximum Gasteiger partial charge on any atom is 0.279 e. The fourth-order valence-corrected chi connectivity index (χ4v) is 6.14. The Hall–Kier alpha value is -1.69. The zero-order valence-corrected chi connectivity index (χ0v) is 14.6. The van der Waals surface area contributed by atoms with E-state index < -0.39 is 0 Å². The highest BCUT2D eigenvalue weighted by Gasteiger charge is 2.54. The summed E-state index contributed by atoms with van der Waals surface area (Å²) < 4.78 is 0. The molecule has 4 saturated carbocycles. The molecule has 0 radical (unpaired) electrons. The van der Waals surface area contributed by atoms with Crippen LogP contribution >= 0.6 is 11.3 Å². The molecule has 6 heteroatoms. The van der Waals surface area contributed by atoms with Crippen molar-refractivity contribution in [2.24, 2.45) is 23.2 Å². The second-order valence-electron chi connectivity index (χ2n) is 7.83. The van der Waals surface area contributed by atoms with Gasteiger partial charge in [-0.25, -0.2) is 0 Å². The molecular formula is C18H22N2O3S. The van der Waals surface area contributed by atoms with E-state index in [4.69, 9.17) is 0 Å². The van der Waals surface area contributed by atoms with Gasteiger partial charge in [0, 0.05) is 0 Å². The first-order valence-corrected chi connectivity index (χ1v) is 9.48. The number of hydrogen-bond donors (Lipinski definition) is 2. The van der Waals surface area contributed by atoms with Gasteiger partial charge < -0.3 is 0 Å². The summed E-state index contributed by atoms with van der Waals surface area (Å²) >= 11 is 1.15. The third-order valence-electron chi connectivity index (χ3n) is 5.99. The van der Waals surface area contributed by atoms with E-state index >= 15 is 0 Å². The lowest BCUT2D eigenvalue weighted by Gasteiger charge is -2.55. The van der Waals surface area contributed by atoms with Crippen LogP contribution in [0.1, 0.15) is 64.8 Å². The first-order valence-electron chi connectivity index (χ1n) is 8.67. The van der Waals surface area contributed by atoms with Gasteiger partial charge in [0.15, 0.2) is 5.78 Å². The molecule has 4 aliphatic rings. The van der Waals surface area contributed by atoms with Crippen LogP contribution in [-0.4, -0.2) is 17.6 Å². The van der Waals surface area contributed by atoms with E-state index in [2.05, 4.69) is 10.9 Å². The molecule has 0 unspecified atom stereocenters. The van der Waals surface area contributed by atoms with E-state index in [0.29, 0.717) is 27.5 Å². The fourth-order valence-electron chi connectivity index (χ4n) is 5.35. The fraction of sp³-hybridized carbons (Fsp3) is 0.611. The van der Waals surface area contributed by atoms with E-state index in [9.17, 15) is 14.4 Å². The average Bonchev–Trinajstić information content (AvgIpc) is 3.01. The minimum Gasteiger partial charge on any atom is -0.294 e. The van der Waals surface area contributed by atoms with Crippen molar-refractivity contribution in [3.05, 3.63) is 21.9 Å². The van der Waals surface area contributed by atoms with Gasteiger partial charge >= 0.3 is 0 Å². The molecule has 24 heavy (non-hydrogen) atoms. The zero-order chi connectivity index (χ0) is 16.9. The van der Waals surface area contributed by atoms with Gasteiger partial charge in [0.05, 0.1) is 15.2 Å². The van der Waals surface area contributed by atoms with Crippen molar-refractivity contribution in [1.82, 2.24) is 10.9 Å². The largest absolute Gasteiger partial charge is 0.294 e. The highest BCUT2D eigenvalue weighted by Crippen LogP contribution is 2.60. The van der Waals surface area contributed by atoms with E-state index in [1.54, 1.807) is 12.1 Å². The second kappa shape index (κ2) is 5.69. The lowest BCUT2D eigenvalue weighted by Crippen LogP contribution is -2.56. The second-order valence-corrected chi connectivity index (χ2v) is 8.91. The maximum absolute atomic E-state index is 12.8. The van der Waals surface area contributed by atoms with Crippen LogP contribution in [0.5, 0.6) is 0 Å². The Balaban J connectivity index is 1.39. The van der Waals surface area contributed by atoms with Crippen molar-refractivity contribution in [3.8, 4) is 0 Å². The number of carbonyl (C=O) groups is 3. The van der Waals surface area contributed by atoms with Gasteiger partial charge in [-0.3, -0.25) is 25.2 Å². The summed E-state index contributed by atoms with van der Waals surface area (Å²) in [4.78, 5) is 37.3. The summed E-state index contributed by atoms with van der Waals surface area (Å²) in [5.41, 5.74) is 4.92. The molecule has 128 valence electrons. The molecule has 1 heterocycles. The van der Waals surface area contributed by atoms with Gasteiger partial charge in [0.2, 0.25) is 5.91 Å². The molecule has 5 rings (SSSR count). The van der Waals surface area contributed by atoms with Crippen LogP contribution in [0.15, 0.2) is 12.1 Å². The number of thiophene rings is 1. The molecular weight excluding hydrogens is 324 g/mol. The Morgan fingerprint density at radius 2 is 1.50 bits per heavy atom. The van der Waals surface area contributed by atoms with Crippen molar-refractivity contribution in [2.75, 3.05) is 0 Å². The highest BCUT2D eigenvalue weighted by atomic mass is 32.1. The normalized spacial score (nSPS) is 33.3. The molecule has 1 aromatic heterocycles. The molecule has 2 amide bonds. The van der Waals surface area contributed by atoms with Crippen molar-refractivity contribution in [2.45, 2.75) is 45.4 Å². The van der Waals surface area contributed by atoms with Gasteiger partial charge in [-0.2, -0.15) is 0 Å². The topological polar surface area (TPSA) is 75.3 Å². The highest BCUT2D eigenvalue weighted by molar-refractivity contribution is 7.15. The molecule has 0 saturated heterocycles. The molecule has 5 nitrogen and oxygen atoms in total. The molecule has 0 aliphatic heterocycles. The molecule has 1 aromatic rings. The average molecular weight is 346 g/mol. The molecule has 4 fully saturated rings. The number of amides is 2. The van der Waals surface area contributed by atoms with Crippen molar-refractivity contribution >= 4 is 28.9 Å². The molecule has 0 spiro atoms. The maximum atomic E-state index is 12.8. The monoisotopic (exact) mass is 346 g/mol. The lowest BCUT2D eigenvalue weighted by atomic mass is 9.49. The number of Topliss-reactive ketones (excluding diaryl/α,β-unsaturated/α-hetero) is 1. The minimum absolute atomic E-state index is 0.0294. The van der Waals surface area contributed by atoms with Gasteiger partial charge in [0.25, 0.3) is 5.91 Å². The molecule has 2 N–H and O–H groups in total. The predicted octanol–water partition coefficient (Wildman–Crippen LogP) is 2.93. The third-order valence-corrected chi connectivity index (χ3v) is 7.17. The quantitative estimate of drug-likeness (QED) is 0.653. The van der Waals surface area contributed by atoms with Crippen molar-refractivity contribution in [1.29, 1.82) is 0 Å². The van der Waals surface area contributed by atoms with Crippen LogP contribution in [0.25, 0.3) is 0 Å². The number of rotatable bonds is 3. The molecule has 4 bridgehead atoms. The Kier molecular flexibility index (Phi) is 3.75. The lowest BCUT2D eigenvalue weighted by molar-refractivity contribution is -0.147. The molecule has 0 aromatic carbocycles. The number of hydrogen-bond acceptors (Lipinski definition) is 4. The van der Waals surface area contributed by atoms with Gasteiger partial charge in [-0.1, -0.05) is 0 Å². The zero-order valence-electron chi connectivity index (χ0n) is 13.8. The summed E-state index contributed by atoms with van der Waals surface area (Å²) in [5.74, 6) is 1.62. The van der Waals surface area contributed by atoms with E-state index in [1.165, 1.54) is 26.2 Å². The van der Waals surface area contributed by atoms with Gasteiger partial charge in [-0.15, -0.1) is 11.3 Å². The minimum atomic E-state index is -0.356. The van der Waals surface area contributed by atoms with Gasteiger partial charge in [0.1, 0.15) is 0 Å². The summed E-state index contributed by atoms with van der Waals surface area (Å²) in [6.07, 6.45) is 6.74. The Morgan fingerprint density at radius 1 is 0.958 bits per heavy atom. The van der Waals surface area contributed by atoms with E-state index in [0.717, 1.165) is 30.6 Å². The number of hydrazine groups is 1.